The van der Waals surface area contributed by atoms with Gasteiger partial charge in [-0.2, -0.15) is 0 Å². The quantitative estimate of drug-likeness (QED) is 0.874. The molecule has 0 radical (unpaired) electrons. The number of aryl methyl sites for hydroxylation is 1. The van der Waals surface area contributed by atoms with Crippen LogP contribution in [-0.4, -0.2) is 21.5 Å². The lowest BCUT2D eigenvalue weighted by Crippen LogP contribution is -2.24. The Labute approximate surface area is 119 Å². The van der Waals surface area contributed by atoms with Gasteiger partial charge in [-0.05, 0) is 31.0 Å². The number of pyridine rings is 1. The van der Waals surface area contributed by atoms with Crippen LogP contribution >= 0.6 is 0 Å². The summed E-state index contributed by atoms with van der Waals surface area (Å²) < 4.78 is 0. The molecule has 0 aliphatic heterocycles. The van der Waals surface area contributed by atoms with Crippen molar-refractivity contribution in [1.29, 1.82) is 0 Å². The Morgan fingerprint density at radius 2 is 1.90 bits per heavy atom. The molecule has 5 nitrogen and oxygen atoms in total. The maximum Gasteiger partial charge on any atom is 0.134 e. The maximum atomic E-state index is 5.89. The van der Waals surface area contributed by atoms with Gasteiger partial charge < -0.3 is 10.6 Å². The second-order valence-corrected chi connectivity index (χ2v) is 4.69. The Bertz CT molecular complexity index is 541. The highest BCUT2D eigenvalue weighted by Gasteiger charge is 2.10. The fourth-order valence-corrected chi connectivity index (χ4v) is 2.06. The lowest BCUT2D eigenvalue weighted by Gasteiger charge is -2.22. The number of nitrogens with zero attached hydrogens (tertiary/aromatic N) is 4. The van der Waals surface area contributed by atoms with Crippen molar-refractivity contribution in [3.63, 3.8) is 0 Å². The molecule has 0 fully saturated rings. The van der Waals surface area contributed by atoms with E-state index in [1.165, 1.54) is 5.56 Å². The maximum absolute atomic E-state index is 5.89. The van der Waals surface area contributed by atoms with Crippen LogP contribution in [0.1, 0.15) is 31.7 Å². The van der Waals surface area contributed by atoms with E-state index in [0.29, 0.717) is 5.82 Å². The van der Waals surface area contributed by atoms with Crippen molar-refractivity contribution in [1.82, 2.24) is 15.0 Å². The summed E-state index contributed by atoms with van der Waals surface area (Å²) in [5.74, 6) is 2.24. The molecule has 20 heavy (non-hydrogen) atoms. The molecular formula is C15H21N5. The summed E-state index contributed by atoms with van der Waals surface area (Å²) in [5, 5.41) is 0. The van der Waals surface area contributed by atoms with Gasteiger partial charge in [0.15, 0.2) is 0 Å². The molecule has 2 aromatic rings. The first-order valence-corrected chi connectivity index (χ1v) is 7.00. The highest BCUT2D eigenvalue weighted by molar-refractivity contribution is 5.47. The summed E-state index contributed by atoms with van der Waals surface area (Å²) >= 11 is 0. The molecule has 0 unspecified atom stereocenters. The first-order chi connectivity index (χ1) is 9.72. The van der Waals surface area contributed by atoms with Crippen molar-refractivity contribution in [2.75, 3.05) is 17.2 Å². The van der Waals surface area contributed by atoms with E-state index in [-0.39, 0.29) is 0 Å². The van der Waals surface area contributed by atoms with E-state index in [1.807, 2.05) is 18.2 Å². The normalized spacial score (nSPS) is 10.5. The van der Waals surface area contributed by atoms with E-state index >= 15 is 0 Å². The van der Waals surface area contributed by atoms with Gasteiger partial charge in [-0.1, -0.05) is 6.92 Å². The molecule has 2 rings (SSSR count). The number of nitrogen functional groups attached to an aromatic ring is 1. The zero-order valence-electron chi connectivity index (χ0n) is 12.1. The molecule has 2 N–H and O–H groups in total. The predicted octanol–water partition coefficient (Wildman–Crippen LogP) is 2.43. The average molecular weight is 271 g/mol. The van der Waals surface area contributed by atoms with Gasteiger partial charge in [0.1, 0.15) is 17.5 Å². The fraction of sp³-hybridized carbons (Fsp3) is 0.400. The van der Waals surface area contributed by atoms with Crippen molar-refractivity contribution in [3.8, 4) is 0 Å². The average Bonchev–Trinajstić information content (AvgIpc) is 2.45. The Balaban J connectivity index is 2.22. The molecule has 5 heteroatoms. The van der Waals surface area contributed by atoms with Crippen LogP contribution in [0.15, 0.2) is 30.6 Å². The summed E-state index contributed by atoms with van der Waals surface area (Å²) in [4.78, 5) is 15.1. The van der Waals surface area contributed by atoms with Crippen molar-refractivity contribution in [2.24, 2.45) is 0 Å². The smallest absolute Gasteiger partial charge is 0.134 e. The molecule has 0 spiro atoms. The Hall–Kier alpha value is -2.17. The molecule has 0 aliphatic rings. The minimum absolute atomic E-state index is 0.534. The summed E-state index contributed by atoms with van der Waals surface area (Å²) in [6.45, 7) is 5.88. The first-order valence-electron chi connectivity index (χ1n) is 7.00. The second-order valence-electron chi connectivity index (χ2n) is 4.69. The summed E-state index contributed by atoms with van der Waals surface area (Å²) in [6, 6.07) is 5.87. The van der Waals surface area contributed by atoms with Crippen LogP contribution in [-0.2, 0) is 13.0 Å². The van der Waals surface area contributed by atoms with E-state index < -0.39 is 0 Å². The van der Waals surface area contributed by atoms with Gasteiger partial charge in [0.2, 0.25) is 0 Å². The molecule has 0 saturated carbocycles. The SMILES string of the molecule is CCCc1nc(N)cc(N(CC)Cc2ccncc2)n1. The molecule has 0 aliphatic carbocycles. The molecule has 2 aromatic heterocycles. The minimum Gasteiger partial charge on any atom is -0.384 e. The van der Waals surface area contributed by atoms with Crippen LogP contribution in [0.2, 0.25) is 0 Å². The van der Waals surface area contributed by atoms with Gasteiger partial charge in [-0.3, -0.25) is 4.98 Å². The van der Waals surface area contributed by atoms with Crippen LogP contribution < -0.4 is 10.6 Å². The number of aromatic nitrogens is 3. The number of anilines is 2. The number of hydrogen-bond acceptors (Lipinski definition) is 5. The van der Waals surface area contributed by atoms with Gasteiger partial charge in [0.05, 0.1) is 0 Å². The van der Waals surface area contributed by atoms with Crippen molar-refractivity contribution in [2.45, 2.75) is 33.2 Å². The van der Waals surface area contributed by atoms with E-state index in [0.717, 1.165) is 37.6 Å². The number of rotatable bonds is 6. The Kier molecular flexibility index (Phi) is 4.87. The largest absolute Gasteiger partial charge is 0.384 e. The first kappa shape index (κ1) is 14.2. The second kappa shape index (κ2) is 6.84. The number of nitrogens with two attached hydrogens (primary N) is 1. The highest BCUT2D eigenvalue weighted by atomic mass is 15.2. The van der Waals surface area contributed by atoms with E-state index in [4.69, 9.17) is 5.73 Å². The molecule has 2 heterocycles. The van der Waals surface area contributed by atoms with Crippen LogP contribution in [0.25, 0.3) is 0 Å². The third kappa shape index (κ3) is 3.66. The summed E-state index contributed by atoms with van der Waals surface area (Å²) in [7, 11) is 0. The van der Waals surface area contributed by atoms with Crippen LogP contribution in [0.5, 0.6) is 0 Å². The minimum atomic E-state index is 0.534. The molecular weight excluding hydrogens is 250 g/mol. The zero-order chi connectivity index (χ0) is 14.4. The van der Waals surface area contributed by atoms with E-state index in [2.05, 4.69) is 33.7 Å². The number of hydrogen-bond donors (Lipinski definition) is 1. The third-order valence-corrected chi connectivity index (χ3v) is 3.08. The molecule has 0 amide bonds. The fourth-order valence-electron chi connectivity index (χ4n) is 2.06. The van der Waals surface area contributed by atoms with E-state index in [1.54, 1.807) is 12.4 Å². The topological polar surface area (TPSA) is 67.9 Å². The van der Waals surface area contributed by atoms with Crippen molar-refractivity contribution in [3.05, 3.63) is 42.0 Å². The van der Waals surface area contributed by atoms with Crippen LogP contribution in [0.4, 0.5) is 11.6 Å². The van der Waals surface area contributed by atoms with Crippen LogP contribution in [0, 0.1) is 0 Å². The third-order valence-electron chi connectivity index (χ3n) is 3.08. The lowest BCUT2D eigenvalue weighted by atomic mass is 10.2. The lowest BCUT2D eigenvalue weighted by molar-refractivity contribution is 0.781. The molecule has 106 valence electrons. The molecule has 0 saturated heterocycles. The Morgan fingerprint density at radius 3 is 2.55 bits per heavy atom. The van der Waals surface area contributed by atoms with Gasteiger partial charge >= 0.3 is 0 Å². The highest BCUT2D eigenvalue weighted by Crippen LogP contribution is 2.17. The molecule has 0 atom stereocenters. The van der Waals surface area contributed by atoms with Crippen LogP contribution in [0.3, 0.4) is 0 Å². The molecule has 0 bridgehead atoms. The molecule has 0 aromatic carbocycles. The van der Waals surface area contributed by atoms with Gasteiger partial charge in [-0.25, -0.2) is 9.97 Å². The van der Waals surface area contributed by atoms with Crippen molar-refractivity contribution >= 4 is 11.6 Å². The summed E-state index contributed by atoms with van der Waals surface area (Å²) in [6.07, 6.45) is 5.48. The van der Waals surface area contributed by atoms with Gasteiger partial charge in [0.25, 0.3) is 0 Å². The zero-order valence-corrected chi connectivity index (χ0v) is 12.1. The van der Waals surface area contributed by atoms with Gasteiger partial charge in [0, 0.05) is 38.0 Å². The van der Waals surface area contributed by atoms with Gasteiger partial charge in [-0.15, -0.1) is 0 Å². The van der Waals surface area contributed by atoms with E-state index in [9.17, 15) is 0 Å². The standard InChI is InChI=1S/C15H21N5/c1-3-5-14-18-13(16)10-15(19-14)20(4-2)11-12-6-8-17-9-7-12/h6-10H,3-5,11H2,1-2H3,(H2,16,18,19). The predicted molar refractivity (Wildman–Crippen MR) is 81.4 cm³/mol. The summed E-state index contributed by atoms with van der Waals surface area (Å²) in [5.41, 5.74) is 7.09. The monoisotopic (exact) mass is 271 g/mol. The van der Waals surface area contributed by atoms with Crippen molar-refractivity contribution < 1.29 is 0 Å². The Morgan fingerprint density at radius 1 is 1.15 bits per heavy atom.